The molecule has 0 aliphatic rings. The molecule has 0 spiro atoms. The first-order chi connectivity index (χ1) is 9.13. The first-order valence-electron chi connectivity index (χ1n) is 6.28. The highest BCUT2D eigenvalue weighted by molar-refractivity contribution is 9.10. The quantitative estimate of drug-likeness (QED) is 0.806. The van der Waals surface area contributed by atoms with Crippen LogP contribution in [0, 0.1) is 13.8 Å². The SMILES string of the molecule is Cc1cccc(CCc2nc3nc(C)c(Br)n3[nH]2)c1. The largest absolute Gasteiger partial charge is 0.277 e. The average Bonchev–Trinajstić information content (AvgIpc) is 2.88. The molecule has 0 radical (unpaired) electrons. The molecule has 3 rings (SSSR count). The van der Waals surface area contributed by atoms with Gasteiger partial charge in [0.25, 0.3) is 5.78 Å². The number of aryl methyl sites for hydroxylation is 4. The second-order valence-corrected chi connectivity index (χ2v) is 5.53. The molecule has 1 aromatic carbocycles. The molecule has 2 heterocycles. The Balaban J connectivity index is 1.78. The molecular weight excluding hydrogens is 304 g/mol. The lowest BCUT2D eigenvalue weighted by Crippen LogP contribution is -1.95. The van der Waals surface area contributed by atoms with Crippen LogP contribution in [0.4, 0.5) is 0 Å². The summed E-state index contributed by atoms with van der Waals surface area (Å²) in [4.78, 5) is 8.87. The smallest absolute Gasteiger partial charge is 0.251 e. The number of imidazole rings is 1. The molecule has 0 bridgehead atoms. The van der Waals surface area contributed by atoms with Crippen LogP contribution in [0.3, 0.4) is 0 Å². The van der Waals surface area contributed by atoms with Gasteiger partial charge in [0.15, 0.2) is 0 Å². The lowest BCUT2D eigenvalue weighted by Gasteiger charge is -2.00. The Labute approximate surface area is 120 Å². The highest BCUT2D eigenvalue weighted by Gasteiger charge is 2.10. The van der Waals surface area contributed by atoms with Crippen LogP contribution >= 0.6 is 15.9 Å². The van der Waals surface area contributed by atoms with Crippen molar-refractivity contribution in [2.45, 2.75) is 26.7 Å². The molecular formula is C14H15BrN4. The van der Waals surface area contributed by atoms with E-state index in [9.17, 15) is 0 Å². The third kappa shape index (κ3) is 2.42. The van der Waals surface area contributed by atoms with Gasteiger partial charge in [0, 0.05) is 6.42 Å². The maximum absolute atomic E-state index is 4.50. The second kappa shape index (κ2) is 4.81. The minimum Gasteiger partial charge on any atom is -0.277 e. The van der Waals surface area contributed by atoms with Gasteiger partial charge < -0.3 is 0 Å². The molecule has 0 aliphatic heterocycles. The van der Waals surface area contributed by atoms with Gasteiger partial charge in [0.1, 0.15) is 10.4 Å². The number of aromatic amines is 1. The topological polar surface area (TPSA) is 46.0 Å². The highest BCUT2D eigenvalue weighted by atomic mass is 79.9. The molecule has 4 nitrogen and oxygen atoms in total. The van der Waals surface area contributed by atoms with Gasteiger partial charge in [-0.05, 0) is 41.8 Å². The van der Waals surface area contributed by atoms with Crippen molar-refractivity contribution in [3.8, 4) is 0 Å². The summed E-state index contributed by atoms with van der Waals surface area (Å²) < 4.78 is 2.82. The Morgan fingerprint density at radius 1 is 1.21 bits per heavy atom. The van der Waals surface area contributed by atoms with Gasteiger partial charge in [0.05, 0.1) is 5.69 Å². The lowest BCUT2D eigenvalue weighted by molar-refractivity contribution is 0.829. The zero-order chi connectivity index (χ0) is 13.4. The summed E-state index contributed by atoms with van der Waals surface area (Å²) in [5.41, 5.74) is 3.58. The standard InChI is InChI=1S/C14H15BrN4/c1-9-4-3-5-11(8-9)6-7-12-17-14-16-10(2)13(15)19(14)18-12/h3-5,8H,6-7H2,1-2H3,(H,16,17,18). The van der Waals surface area contributed by atoms with Crippen molar-refractivity contribution >= 4 is 21.7 Å². The van der Waals surface area contributed by atoms with Crippen LogP contribution in [0.25, 0.3) is 5.78 Å². The molecule has 0 amide bonds. The fraction of sp³-hybridized carbons (Fsp3) is 0.286. The Morgan fingerprint density at radius 2 is 2.05 bits per heavy atom. The summed E-state index contributed by atoms with van der Waals surface area (Å²) >= 11 is 3.50. The number of halogens is 1. The number of benzene rings is 1. The number of rotatable bonds is 3. The van der Waals surface area contributed by atoms with Crippen LogP contribution in [-0.4, -0.2) is 19.6 Å². The van der Waals surface area contributed by atoms with E-state index in [0.717, 1.165) is 34.7 Å². The van der Waals surface area contributed by atoms with Crippen molar-refractivity contribution in [3.63, 3.8) is 0 Å². The van der Waals surface area contributed by atoms with Crippen molar-refractivity contribution in [1.29, 1.82) is 0 Å². The van der Waals surface area contributed by atoms with Gasteiger partial charge in [-0.2, -0.15) is 4.98 Å². The van der Waals surface area contributed by atoms with Gasteiger partial charge >= 0.3 is 0 Å². The van der Waals surface area contributed by atoms with Crippen molar-refractivity contribution in [1.82, 2.24) is 19.6 Å². The summed E-state index contributed by atoms with van der Waals surface area (Å²) in [6.07, 6.45) is 1.87. The molecule has 5 heteroatoms. The van der Waals surface area contributed by atoms with Crippen LogP contribution in [0.5, 0.6) is 0 Å². The Morgan fingerprint density at radius 3 is 2.79 bits per heavy atom. The van der Waals surface area contributed by atoms with Crippen LogP contribution in [0.1, 0.15) is 22.6 Å². The average molecular weight is 319 g/mol. The molecule has 0 fully saturated rings. The first kappa shape index (κ1) is 12.4. The third-order valence-electron chi connectivity index (χ3n) is 3.17. The molecule has 3 aromatic rings. The van der Waals surface area contributed by atoms with Crippen LogP contribution in [0.15, 0.2) is 28.9 Å². The van der Waals surface area contributed by atoms with E-state index in [1.54, 1.807) is 0 Å². The summed E-state index contributed by atoms with van der Waals surface area (Å²) in [6, 6.07) is 8.58. The van der Waals surface area contributed by atoms with E-state index < -0.39 is 0 Å². The Hall–Kier alpha value is -1.62. The van der Waals surface area contributed by atoms with E-state index in [0.29, 0.717) is 0 Å². The molecule has 1 N–H and O–H groups in total. The number of H-pyrrole nitrogens is 1. The molecule has 0 atom stereocenters. The maximum Gasteiger partial charge on any atom is 0.251 e. The fourth-order valence-electron chi connectivity index (χ4n) is 2.19. The van der Waals surface area contributed by atoms with E-state index >= 15 is 0 Å². The molecule has 2 aromatic heterocycles. The van der Waals surface area contributed by atoms with Gasteiger partial charge in [-0.1, -0.05) is 29.8 Å². The number of hydrogen-bond acceptors (Lipinski definition) is 2. The van der Waals surface area contributed by atoms with Crippen molar-refractivity contribution in [3.05, 3.63) is 51.5 Å². The summed E-state index contributed by atoms with van der Waals surface area (Å²) in [5, 5.41) is 3.27. The molecule has 0 saturated carbocycles. The summed E-state index contributed by atoms with van der Waals surface area (Å²) in [7, 11) is 0. The number of nitrogens with zero attached hydrogens (tertiary/aromatic N) is 3. The number of aromatic nitrogens is 4. The lowest BCUT2D eigenvalue weighted by atomic mass is 10.1. The van der Waals surface area contributed by atoms with Gasteiger partial charge in [-0.25, -0.2) is 9.50 Å². The van der Waals surface area contributed by atoms with Gasteiger partial charge in [-0.3, -0.25) is 5.10 Å². The van der Waals surface area contributed by atoms with Crippen molar-refractivity contribution in [2.24, 2.45) is 0 Å². The van der Waals surface area contributed by atoms with Crippen molar-refractivity contribution in [2.75, 3.05) is 0 Å². The van der Waals surface area contributed by atoms with E-state index in [2.05, 4.69) is 62.2 Å². The molecule has 19 heavy (non-hydrogen) atoms. The van der Waals surface area contributed by atoms with Gasteiger partial charge in [-0.15, -0.1) is 0 Å². The Kier molecular flexibility index (Phi) is 3.14. The van der Waals surface area contributed by atoms with Crippen molar-refractivity contribution < 1.29 is 0 Å². The fourth-order valence-corrected chi connectivity index (χ4v) is 2.52. The Bertz CT molecular complexity index is 726. The predicted octanol–water partition coefficient (Wildman–Crippen LogP) is 3.22. The number of nitrogens with one attached hydrogen (secondary N) is 1. The predicted molar refractivity (Wildman–Crippen MR) is 78.4 cm³/mol. The first-order valence-corrected chi connectivity index (χ1v) is 7.08. The minimum absolute atomic E-state index is 0.726. The van der Waals surface area contributed by atoms with Crippen LogP contribution in [0.2, 0.25) is 0 Å². The van der Waals surface area contributed by atoms with E-state index in [1.165, 1.54) is 11.1 Å². The zero-order valence-corrected chi connectivity index (χ0v) is 12.5. The zero-order valence-electron chi connectivity index (χ0n) is 10.9. The molecule has 98 valence electrons. The van der Waals surface area contributed by atoms with E-state index in [4.69, 9.17) is 0 Å². The maximum atomic E-state index is 4.50. The third-order valence-corrected chi connectivity index (χ3v) is 4.10. The minimum atomic E-state index is 0.726. The molecule has 0 unspecified atom stereocenters. The normalized spacial score (nSPS) is 11.3. The van der Waals surface area contributed by atoms with Gasteiger partial charge in [0.2, 0.25) is 0 Å². The highest BCUT2D eigenvalue weighted by Crippen LogP contribution is 2.17. The van der Waals surface area contributed by atoms with E-state index in [-0.39, 0.29) is 0 Å². The monoisotopic (exact) mass is 318 g/mol. The number of fused-ring (bicyclic) bond motifs is 1. The van der Waals surface area contributed by atoms with Crippen LogP contribution < -0.4 is 0 Å². The van der Waals surface area contributed by atoms with E-state index in [1.807, 2.05) is 11.4 Å². The summed E-state index contributed by atoms with van der Waals surface area (Å²) in [5.74, 6) is 1.69. The summed E-state index contributed by atoms with van der Waals surface area (Å²) in [6.45, 7) is 4.07. The second-order valence-electron chi connectivity index (χ2n) is 4.78. The van der Waals surface area contributed by atoms with Crippen LogP contribution in [-0.2, 0) is 12.8 Å². The molecule has 0 saturated heterocycles. The molecule has 0 aliphatic carbocycles. The number of hydrogen-bond donors (Lipinski definition) is 1.